The third-order valence-electron chi connectivity index (χ3n) is 4.75. The minimum absolute atomic E-state index is 0.0110. The van der Waals surface area contributed by atoms with Gasteiger partial charge in [-0.25, -0.2) is 4.79 Å². The van der Waals surface area contributed by atoms with Crippen LogP contribution in [0.25, 0.3) is 0 Å². The Morgan fingerprint density at radius 2 is 1.79 bits per heavy atom. The zero-order valence-electron chi connectivity index (χ0n) is 15.9. The molecule has 2 saturated heterocycles. The molecule has 2 aliphatic heterocycles. The van der Waals surface area contributed by atoms with Gasteiger partial charge in [0.25, 0.3) is 0 Å². The summed E-state index contributed by atoms with van der Waals surface area (Å²) in [6.07, 6.45) is 3.92. The van der Waals surface area contributed by atoms with E-state index in [0.717, 1.165) is 51.9 Å². The van der Waals surface area contributed by atoms with Crippen molar-refractivity contribution in [3.63, 3.8) is 0 Å². The summed E-state index contributed by atoms with van der Waals surface area (Å²) in [5.74, 6) is 0.620. The fraction of sp³-hybridized carbons (Fsp3) is 0.889. The second-order valence-corrected chi connectivity index (χ2v) is 8.32. The largest absolute Gasteiger partial charge is 0.444 e. The highest BCUT2D eigenvalue weighted by molar-refractivity contribution is 5.81. The molecular weight excluding hydrogens is 306 g/mol. The summed E-state index contributed by atoms with van der Waals surface area (Å²) in [6, 6.07) is 0.0110. The van der Waals surface area contributed by atoms with Crippen LogP contribution in [0.1, 0.15) is 46.5 Å². The molecule has 2 atom stereocenters. The van der Waals surface area contributed by atoms with Crippen molar-refractivity contribution in [1.82, 2.24) is 14.7 Å². The number of hydrogen-bond donors (Lipinski definition) is 0. The number of likely N-dealkylation sites (tertiary alicyclic amines) is 2. The normalized spacial score (nSPS) is 25.6. The fourth-order valence-electron chi connectivity index (χ4n) is 3.66. The van der Waals surface area contributed by atoms with E-state index in [1.807, 2.05) is 39.8 Å². The van der Waals surface area contributed by atoms with Crippen LogP contribution in [-0.4, -0.2) is 78.6 Å². The highest BCUT2D eigenvalue weighted by atomic mass is 16.6. The van der Waals surface area contributed by atoms with E-state index in [0.29, 0.717) is 5.92 Å². The van der Waals surface area contributed by atoms with Gasteiger partial charge in [0.15, 0.2) is 0 Å². The van der Waals surface area contributed by atoms with Crippen molar-refractivity contribution in [3.05, 3.63) is 0 Å². The number of carbonyl (C=O) groups excluding carboxylic acids is 2. The number of rotatable bonds is 3. The Bertz CT molecular complexity index is 459. The molecule has 24 heavy (non-hydrogen) atoms. The summed E-state index contributed by atoms with van der Waals surface area (Å²) in [5, 5.41) is 0. The van der Waals surface area contributed by atoms with Crippen molar-refractivity contribution in [2.24, 2.45) is 5.92 Å². The summed E-state index contributed by atoms with van der Waals surface area (Å²) >= 11 is 0. The van der Waals surface area contributed by atoms with Gasteiger partial charge in [-0.2, -0.15) is 0 Å². The number of hydrogen-bond acceptors (Lipinski definition) is 4. The molecular formula is C18H33N3O3. The maximum absolute atomic E-state index is 12.3. The van der Waals surface area contributed by atoms with E-state index in [4.69, 9.17) is 4.74 Å². The minimum Gasteiger partial charge on any atom is -0.444 e. The highest BCUT2D eigenvalue weighted by Crippen LogP contribution is 2.25. The first-order chi connectivity index (χ1) is 11.2. The van der Waals surface area contributed by atoms with E-state index in [1.54, 1.807) is 4.90 Å². The number of nitrogens with zero attached hydrogens (tertiary/aromatic N) is 3. The van der Waals surface area contributed by atoms with E-state index in [-0.39, 0.29) is 18.0 Å². The smallest absolute Gasteiger partial charge is 0.410 e. The van der Waals surface area contributed by atoms with Gasteiger partial charge in [0.1, 0.15) is 5.60 Å². The lowest BCUT2D eigenvalue weighted by molar-refractivity contribution is -0.133. The zero-order valence-corrected chi connectivity index (χ0v) is 15.9. The molecule has 2 amide bonds. The van der Waals surface area contributed by atoms with Gasteiger partial charge < -0.3 is 14.5 Å². The van der Waals surface area contributed by atoms with Crippen molar-refractivity contribution < 1.29 is 14.3 Å². The van der Waals surface area contributed by atoms with E-state index in [2.05, 4.69) is 4.90 Å². The van der Waals surface area contributed by atoms with Crippen LogP contribution in [0.2, 0.25) is 0 Å². The number of piperidine rings is 1. The van der Waals surface area contributed by atoms with Gasteiger partial charge in [-0.1, -0.05) is 0 Å². The Hall–Kier alpha value is -1.30. The molecule has 0 unspecified atom stereocenters. The predicted molar refractivity (Wildman–Crippen MR) is 93.8 cm³/mol. The molecule has 0 N–H and O–H groups in total. The zero-order chi connectivity index (χ0) is 17.9. The Kier molecular flexibility index (Phi) is 6.12. The lowest BCUT2D eigenvalue weighted by atomic mass is 9.97. The van der Waals surface area contributed by atoms with Crippen molar-refractivity contribution >= 4 is 12.0 Å². The van der Waals surface area contributed by atoms with Crippen molar-refractivity contribution in [1.29, 1.82) is 0 Å². The van der Waals surface area contributed by atoms with Crippen LogP contribution in [0.15, 0.2) is 0 Å². The summed E-state index contributed by atoms with van der Waals surface area (Å²) in [7, 11) is 3.65. The standard InChI is InChI=1S/C18H33N3O3/c1-18(2,3)24-17(23)21-11-6-8-14(13-21)12-20-10-7-9-15(20)16(22)19(4)5/h14-15H,6-13H2,1-5H3/t14-,15+/m0/s1. The second-order valence-electron chi connectivity index (χ2n) is 8.32. The number of amides is 2. The maximum atomic E-state index is 12.3. The first kappa shape index (κ1) is 19.0. The molecule has 2 heterocycles. The SMILES string of the molecule is CN(C)C(=O)[C@H]1CCCN1C[C@@H]1CCCN(C(=O)OC(C)(C)C)C1. The summed E-state index contributed by atoms with van der Waals surface area (Å²) in [5.41, 5.74) is -0.456. The molecule has 6 nitrogen and oxygen atoms in total. The van der Waals surface area contributed by atoms with Crippen LogP contribution < -0.4 is 0 Å². The van der Waals surface area contributed by atoms with Gasteiger partial charge in [-0.05, 0) is 58.9 Å². The summed E-state index contributed by atoms with van der Waals surface area (Å²) in [6.45, 7) is 9.06. The van der Waals surface area contributed by atoms with E-state index >= 15 is 0 Å². The lowest BCUT2D eigenvalue weighted by Gasteiger charge is -2.37. The molecule has 0 aromatic heterocycles. The molecule has 0 aromatic carbocycles. The molecule has 0 aliphatic carbocycles. The Morgan fingerprint density at radius 1 is 1.12 bits per heavy atom. The van der Waals surface area contributed by atoms with E-state index < -0.39 is 5.60 Å². The molecule has 0 saturated carbocycles. The molecule has 2 fully saturated rings. The predicted octanol–water partition coefficient (Wildman–Crippen LogP) is 2.19. The van der Waals surface area contributed by atoms with Gasteiger partial charge in [-0.3, -0.25) is 9.69 Å². The molecule has 0 bridgehead atoms. The number of ether oxygens (including phenoxy) is 1. The third kappa shape index (κ3) is 5.10. The van der Waals surface area contributed by atoms with E-state index in [9.17, 15) is 9.59 Å². The average molecular weight is 339 g/mol. The Labute approximate surface area is 146 Å². The highest BCUT2D eigenvalue weighted by Gasteiger charge is 2.35. The first-order valence-electron chi connectivity index (χ1n) is 9.10. The van der Waals surface area contributed by atoms with Gasteiger partial charge in [0.2, 0.25) is 5.91 Å². The van der Waals surface area contributed by atoms with Crippen LogP contribution in [0.3, 0.4) is 0 Å². The molecule has 6 heteroatoms. The van der Waals surface area contributed by atoms with Crippen molar-refractivity contribution in [2.45, 2.75) is 58.1 Å². The lowest BCUT2D eigenvalue weighted by Crippen LogP contribution is -2.48. The molecule has 138 valence electrons. The molecule has 0 aromatic rings. The van der Waals surface area contributed by atoms with Crippen molar-refractivity contribution in [3.8, 4) is 0 Å². The van der Waals surface area contributed by atoms with Crippen molar-refractivity contribution in [2.75, 3.05) is 40.3 Å². The maximum Gasteiger partial charge on any atom is 0.410 e. The monoisotopic (exact) mass is 339 g/mol. The minimum atomic E-state index is -0.456. The van der Waals surface area contributed by atoms with Gasteiger partial charge in [0, 0.05) is 33.7 Å². The second kappa shape index (κ2) is 7.72. The van der Waals surface area contributed by atoms with Crippen LogP contribution in [0.4, 0.5) is 4.79 Å². The fourth-order valence-corrected chi connectivity index (χ4v) is 3.66. The average Bonchev–Trinajstić information content (AvgIpc) is 2.93. The van der Waals surface area contributed by atoms with E-state index in [1.165, 1.54) is 0 Å². The summed E-state index contributed by atoms with van der Waals surface area (Å²) in [4.78, 5) is 30.4. The number of likely N-dealkylation sites (N-methyl/N-ethyl adjacent to an activating group) is 1. The Morgan fingerprint density at radius 3 is 2.42 bits per heavy atom. The molecule has 2 aliphatic rings. The van der Waals surface area contributed by atoms with Crippen LogP contribution >= 0.6 is 0 Å². The molecule has 0 spiro atoms. The topological polar surface area (TPSA) is 53.1 Å². The molecule has 2 rings (SSSR count). The first-order valence-corrected chi connectivity index (χ1v) is 9.10. The van der Waals surface area contributed by atoms with Crippen LogP contribution in [0.5, 0.6) is 0 Å². The number of carbonyl (C=O) groups is 2. The van der Waals surface area contributed by atoms with Gasteiger partial charge >= 0.3 is 6.09 Å². The third-order valence-corrected chi connectivity index (χ3v) is 4.75. The summed E-state index contributed by atoms with van der Waals surface area (Å²) < 4.78 is 5.50. The van der Waals surface area contributed by atoms with Crippen LogP contribution in [0, 0.1) is 5.92 Å². The quantitative estimate of drug-likeness (QED) is 0.791. The van der Waals surface area contributed by atoms with Gasteiger partial charge in [-0.15, -0.1) is 0 Å². The Balaban J connectivity index is 1.90. The van der Waals surface area contributed by atoms with Crippen LogP contribution in [-0.2, 0) is 9.53 Å². The van der Waals surface area contributed by atoms with Gasteiger partial charge in [0.05, 0.1) is 6.04 Å². The molecule has 0 radical (unpaired) electrons.